The zero-order valence-corrected chi connectivity index (χ0v) is 33.1. The van der Waals surface area contributed by atoms with E-state index in [1.807, 2.05) is 36.4 Å². The summed E-state index contributed by atoms with van der Waals surface area (Å²) >= 11 is 0. The lowest BCUT2D eigenvalue weighted by Crippen LogP contribution is -2.51. The van der Waals surface area contributed by atoms with E-state index in [1.54, 1.807) is 0 Å². The molecule has 284 valence electrons. The number of hydrogen-bond donors (Lipinski definition) is 0. The van der Waals surface area contributed by atoms with Crippen LogP contribution in [-0.2, 0) is 15.9 Å². The zero-order valence-electron chi connectivity index (χ0n) is 33.1. The molecule has 2 aromatic rings. The van der Waals surface area contributed by atoms with Crippen LogP contribution in [0.1, 0.15) is 131 Å². The number of nitrogens with zero attached hydrogens (tertiary/aromatic N) is 2. The number of unbranched alkanes of at least 4 members (excludes halogenated alkanes) is 1. The second-order valence-electron chi connectivity index (χ2n) is 17.7. The van der Waals surface area contributed by atoms with Crippen LogP contribution in [0.25, 0.3) is 0 Å². The molecule has 4 aliphatic rings. The third-order valence-electron chi connectivity index (χ3n) is 14.0. The average Bonchev–Trinajstić information content (AvgIpc) is 3.50. The molecule has 0 aromatic heterocycles. The largest absolute Gasteiger partial charge is 0.508 e. The van der Waals surface area contributed by atoms with E-state index in [2.05, 4.69) is 70.0 Å². The number of allylic oxidation sites excluding steroid dienone is 1. The number of benzene rings is 2. The third kappa shape index (κ3) is 8.96. The van der Waals surface area contributed by atoms with Crippen LogP contribution >= 0.6 is 0 Å². The standard InChI is InChI=1S/C46H66N2O4/c1-7-8-12-34-13-16-36(17-14-34)47-48-37-18-20-38(21-19-37)50-29-30-51-44(49)52-39-25-27-45(5)35(31-39)15-22-40-42-24-23-41(33(4)11-9-10-32(2)3)46(42,6)28-26-43(40)45/h13-21,32-33,39-43H,7-12,22-31H2,1-6H3/t33-,39+,40+,41-,42+,43+,45+,46-/m1/s1. The van der Waals surface area contributed by atoms with Gasteiger partial charge in [0.25, 0.3) is 0 Å². The fourth-order valence-electron chi connectivity index (χ4n) is 11.0. The second-order valence-corrected chi connectivity index (χ2v) is 17.7. The van der Waals surface area contributed by atoms with Crippen molar-refractivity contribution in [3.05, 3.63) is 65.7 Å². The Morgan fingerprint density at radius 3 is 2.29 bits per heavy atom. The number of carbonyl (C=O) groups excluding carboxylic acids is 1. The van der Waals surface area contributed by atoms with Gasteiger partial charge in [-0.2, -0.15) is 10.2 Å². The summed E-state index contributed by atoms with van der Waals surface area (Å²) in [6.45, 7) is 15.1. The first-order chi connectivity index (χ1) is 25.1. The Kier molecular flexibility index (Phi) is 12.9. The first-order valence-electron chi connectivity index (χ1n) is 20.9. The van der Waals surface area contributed by atoms with Crippen LogP contribution in [0.3, 0.4) is 0 Å². The average molecular weight is 711 g/mol. The maximum atomic E-state index is 12.7. The van der Waals surface area contributed by atoms with Crippen LogP contribution < -0.4 is 4.74 Å². The van der Waals surface area contributed by atoms with Crippen molar-refractivity contribution in [1.29, 1.82) is 0 Å². The Morgan fingerprint density at radius 2 is 1.58 bits per heavy atom. The van der Waals surface area contributed by atoms with Crippen molar-refractivity contribution in [3.63, 3.8) is 0 Å². The molecular weight excluding hydrogens is 645 g/mol. The Labute approximate surface area is 314 Å². The highest BCUT2D eigenvalue weighted by molar-refractivity contribution is 5.60. The SMILES string of the molecule is CCCCc1ccc(N=Nc2ccc(OCCOC(=O)O[C@H]3CC[C@@]4(C)C(=CC[C@H]5[C@@H]6CC[C@H]([C@H](C)CCCC(C)C)[C@@]6(C)CC[C@@H]54)C3)cc2)cc1. The van der Waals surface area contributed by atoms with Gasteiger partial charge in [0.15, 0.2) is 0 Å². The number of fused-ring (bicyclic) bond motifs is 5. The second kappa shape index (κ2) is 17.3. The Morgan fingerprint density at radius 1 is 0.846 bits per heavy atom. The molecule has 6 rings (SSSR count). The van der Waals surface area contributed by atoms with Gasteiger partial charge < -0.3 is 14.2 Å². The summed E-state index contributed by atoms with van der Waals surface area (Å²) in [5.41, 5.74) is 5.19. The van der Waals surface area contributed by atoms with E-state index in [9.17, 15) is 4.79 Å². The van der Waals surface area contributed by atoms with Crippen molar-refractivity contribution in [2.75, 3.05) is 13.2 Å². The van der Waals surface area contributed by atoms with Crippen LogP contribution in [0.4, 0.5) is 16.2 Å². The van der Waals surface area contributed by atoms with E-state index in [-0.39, 0.29) is 24.7 Å². The van der Waals surface area contributed by atoms with Crippen molar-refractivity contribution < 1.29 is 19.0 Å². The topological polar surface area (TPSA) is 69.5 Å². The number of rotatable bonds is 15. The summed E-state index contributed by atoms with van der Waals surface area (Å²) < 4.78 is 17.1. The Bertz CT molecular complexity index is 1520. The lowest BCUT2D eigenvalue weighted by atomic mass is 9.47. The minimum absolute atomic E-state index is 0.110. The molecule has 0 spiro atoms. The van der Waals surface area contributed by atoms with Crippen molar-refractivity contribution in [2.24, 2.45) is 56.6 Å². The molecule has 0 unspecified atom stereocenters. The predicted octanol–water partition coefficient (Wildman–Crippen LogP) is 13.4. The summed E-state index contributed by atoms with van der Waals surface area (Å²) in [6, 6.07) is 15.7. The van der Waals surface area contributed by atoms with Gasteiger partial charge in [-0.1, -0.05) is 91.0 Å². The molecule has 2 aromatic carbocycles. The van der Waals surface area contributed by atoms with E-state index >= 15 is 0 Å². The molecule has 0 amide bonds. The van der Waals surface area contributed by atoms with Gasteiger partial charge in [-0.25, -0.2) is 4.79 Å². The van der Waals surface area contributed by atoms with E-state index in [4.69, 9.17) is 14.2 Å². The molecule has 8 atom stereocenters. The third-order valence-corrected chi connectivity index (χ3v) is 14.0. The van der Waals surface area contributed by atoms with Crippen molar-refractivity contribution in [3.8, 4) is 5.75 Å². The Balaban J connectivity index is 0.923. The minimum atomic E-state index is -0.589. The molecule has 0 N–H and O–H groups in total. The molecule has 52 heavy (non-hydrogen) atoms. The first-order valence-corrected chi connectivity index (χ1v) is 20.9. The number of aryl methyl sites for hydroxylation is 1. The van der Waals surface area contributed by atoms with Crippen LogP contribution in [0.15, 0.2) is 70.4 Å². The summed E-state index contributed by atoms with van der Waals surface area (Å²) in [6.07, 6.45) is 19.2. The smallest absolute Gasteiger partial charge is 0.490 e. The van der Waals surface area contributed by atoms with Crippen molar-refractivity contribution >= 4 is 17.5 Å². The van der Waals surface area contributed by atoms with E-state index < -0.39 is 6.16 Å². The van der Waals surface area contributed by atoms with Gasteiger partial charge in [-0.15, -0.1) is 0 Å². The summed E-state index contributed by atoms with van der Waals surface area (Å²) in [7, 11) is 0. The molecule has 0 heterocycles. The molecule has 3 saturated carbocycles. The van der Waals surface area contributed by atoms with Crippen molar-refractivity contribution in [1.82, 2.24) is 0 Å². The van der Waals surface area contributed by atoms with Crippen LogP contribution in [-0.4, -0.2) is 25.5 Å². The predicted molar refractivity (Wildman–Crippen MR) is 210 cm³/mol. The molecule has 0 aliphatic heterocycles. The number of ether oxygens (including phenoxy) is 3. The number of azo groups is 1. The molecule has 0 saturated heterocycles. The van der Waals surface area contributed by atoms with Crippen molar-refractivity contribution in [2.45, 2.75) is 138 Å². The molecular formula is C46H66N2O4. The minimum Gasteiger partial charge on any atom is -0.490 e. The van der Waals surface area contributed by atoms with Crippen LogP contribution in [0.5, 0.6) is 5.75 Å². The first kappa shape index (κ1) is 38.6. The number of hydrogen-bond acceptors (Lipinski definition) is 6. The zero-order chi connectivity index (χ0) is 36.7. The van der Waals surface area contributed by atoms with E-state index in [0.717, 1.165) is 72.6 Å². The molecule has 0 radical (unpaired) electrons. The van der Waals surface area contributed by atoms with Gasteiger partial charge in [-0.3, -0.25) is 0 Å². The van der Waals surface area contributed by atoms with Gasteiger partial charge in [0.2, 0.25) is 0 Å². The Hall–Kier alpha value is -3.15. The quantitative estimate of drug-likeness (QED) is 0.0798. The highest BCUT2D eigenvalue weighted by Gasteiger charge is 2.59. The maximum Gasteiger partial charge on any atom is 0.508 e. The van der Waals surface area contributed by atoms with E-state index in [0.29, 0.717) is 11.2 Å². The fourth-order valence-corrected chi connectivity index (χ4v) is 11.0. The lowest BCUT2D eigenvalue weighted by molar-refractivity contribution is -0.0619. The van der Waals surface area contributed by atoms with Gasteiger partial charge in [-0.05, 0) is 146 Å². The summed E-state index contributed by atoms with van der Waals surface area (Å²) in [4.78, 5) is 12.7. The van der Waals surface area contributed by atoms with E-state index in [1.165, 1.54) is 75.3 Å². The van der Waals surface area contributed by atoms with Crippen LogP contribution in [0, 0.1) is 46.3 Å². The maximum absolute atomic E-state index is 12.7. The molecule has 3 fully saturated rings. The highest BCUT2D eigenvalue weighted by atomic mass is 16.7. The van der Waals surface area contributed by atoms with Gasteiger partial charge in [0.1, 0.15) is 25.1 Å². The number of carbonyl (C=O) groups is 1. The lowest BCUT2D eigenvalue weighted by Gasteiger charge is -2.58. The van der Waals surface area contributed by atoms with Crippen LogP contribution in [0.2, 0.25) is 0 Å². The van der Waals surface area contributed by atoms with Gasteiger partial charge >= 0.3 is 6.16 Å². The van der Waals surface area contributed by atoms with Gasteiger partial charge in [0.05, 0.1) is 11.4 Å². The monoisotopic (exact) mass is 711 g/mol. The molecule has 6 heteroatoms. The highest BCUT2D eigenvalue weighted by Crippen LogP contribution is 2.67. The molecule has 0 bridgehead atoms. The molecule has 4 aliphatic carbocycles. The summed E-state index contributed by atoms with van der Waals surface area (Å²) in [5.74, 6) is 5.66. The normalized spacial score (nSPS) is 30.3. The molecule has 6 nitrogen and oxygen atoms in total. The fraction of sp³-hybridized carbons (Fsp3) is 0.674. The summed E-state index contributed by atoms with van der Waals surface area (Å²) in [5, 5.41) is 8.71. The van der Waals surface area contributed by atoms with Gasteiger partial charge in [0, 0.05) is 6.42 Å².